The summed E-state index contributed by atoms with van der Waals surface area (Å²) in [6.07, 6.45) is 6.62. The summed E-state index contributed by atoms with van der Waals surface area (Å²) >= 11 is 6.05. The van der Waals surface area contributed by atoms with E-state index in [0.717, 1.165) is 50.5 Å². The second-order valence-corrected chi connectivity index (χ2v) is 14.4. The highest BCUT2D eigenvalue weighted by Crippen LogP contribution is 2.42. The molecule has 0 fully saturated rings. The van der Waals surface area contributed by atoms with Gasteiger partial charge in [-0.1, -0.05) is 54.9 Å². The smallest absolute Gasteiger partial charge is 0.255 e. The van der Waals surface area contributed by atoms with Crippen molar-refractivity contribution in [2.75, 3.05) is 32.8 Å². The number of carbonyl (C=O) groups excluding carboxylic acids is 1. The Balaban J connectivity index is 0.916. The number of rotatable bonds is 21. The zero-order valence-electron chi connectivity index (χ0n) is 32.7. The molecule has 6 rings (SSSR count). The van der Waals surface area contributed by atoms with Gasteiger partial charge in [0.1, 0.15) is 17.6 Å². The Morgan fingerprint density at radius 3 is 1.93 bits per heavy atom. The number of unbranched alkanes of at least 4 members (excludes halogenated alkanes) is 6. The summed E-state index contributed by atoms with van der Waals surface area (Å²) < 4.78 is 29.2. The Kier molecular flexibility index (Phi) is 14.9. The SMILES string of the molecule is COc1cc(-c2cc(-c3cc(CO)c(CO)c(CO)c3)on2)cc(OC)c1OCCCCCCCCCOc1ccc(C2NC(=O)c3cc(Cl)ccc3N2)cc1CO. The van der Waals surface area contributed by atoms with Gasteiger partial charge in [-0.05, 0) is 89.7 Å². The number of halogens is 1. The highest BCUT2D eigenvalue weighted by molar-refractivity contribution is 6.31. The third-order valence-corrected chi connectivity index (χ3v) is 10.4. The fourth-order valence-electron chi connectivity index (χ4n) is 7.03. The van der Waals surface area contributed by atoms with E-state index in [1.807, 2.05) is 30.3 Å². The Bertz CT molecular complexity index is 2120. The maximum absolute atomic E-state index is 12.7. The number of fused-ring (bicyclic) bond motifs is 1. The molecule has 0 spiro atoms. The van der Waals surface area contributed by atoms with Gasteiger partial charge in [0.05, 0.1) is 59.4 Å². The standard InChI is InChI=1S/C44H50ClN3O10/c1-54-40-19-28(37-22-39(58-48-37)29-17-30(23-49)35(26-52)31(18-29)24-50)20-41(55-2)42(40)57-15-9-7-5-3-4-6-8-14-56-38-13-10-27(16-32(38)25-51)43-46-36-12-11-33(45)21-34(36)44(53)47-43/h10-13,16-22,43,46,49-52H,3-9,14-15,23-26H2,1-2H3,(H,47,53). The molecule has 308 valence electrons. The Labute approximate surface area is 342 Å². The number of hydrogen-bond acceptors (Lipinski definition) is 12. The quantitative estimate of drug-likeness (QED) is 0.0398. The van der Waals surface area contributed by atoms with Gasteiger partial charge in [-0.25, -0.2) is 0 Å². The van der Waals surface area contributed by atoms with E-state index in [2.05, 4.69) is 15.8 Å². The number of benzene rings is 4. The lowest BCUT2D eigenvalue weighted by Crippen LogP contribution is -2.38. The van der Waals surface area contributed by atoms with Crippen molar-refractivity contribution in [2.24, 2.45) is 0 Å². The summed E-state index contributed by atoms with van der Waals surface area (Å²) in [5.74, 6) is 2.34. The predicted octanol–water partition coefficient (Wildman–Crippen LogP) is 7.69. The summed E-state index contributed by atoms with van der Waals surface area (Å²) in [4.78, 5) is 12.7. The minimum Gasteiger partial charge on any atom is -0.493 e. The lowest BCUT2D eigenvalue weighted by molar-refractivity contribution is 0.0935. The molecule has 6 N–H and O–H groups in total. The van der Waals surface area contributed by atoms with Crippen molar-refractivity contribution in [2.45, 2.75) is 77.5 Å². The second-order valence-electron chi connectivity index (χ2n) is 14.0. The molecule has 2 heterocycles. The lowest BCUT2D eigenvalue weighted by atomic mass is 9.97. The molecule has 0 bridgehead atoms. The number of nitrogens with one attached hydrogen (secondary N) is 2. The van der Waals surface area contributed by atoms with Crippen LogP contribution >= 0.6 is 11.6 Å². The Hall–Kier alpha value is -5.31. The average molecular weight is 816 g/mol. The van der Waals surface area contributed by atoms with Crippen LogP contribution in [0.25, 0.3) is 22.6 Å². The van der Waals surface area contributed by atoms with E-state index >= 15 is 0 Å². The molecule has 4 aromatic carbocycles. The number of methoxy groups -OCH3 is 2. The largest absolute Gasteiger partial charge is 0.493 e. The number of aliphatic hydroxyl groups excluding tert-OH is 4. The molecule has 1 amide bonds. The van der Waals surface area contributed by atoms with E-state index in [1.54, 1.807) is 50.6 Å². The number of carbonyl (C=O) groups is 1. The zero-order chi connectivity index (χ0) is 41.0. The first-order chi connectivity index (χ1) is 28.3. The number of amides is 1. The third kappa shape index (κ3) is 10.0. The summed E-state index contributed by atoms with van der Waals surface area (Å²) in [6, 6.07) is 19.5. The van der Waals surface area contributed by atoms with E-state index < -0.39 is 6.17 Å². The molecule has 1 atom stereocenters. The molecule has 5 aromatic rings. The van der Waals surface area contributed by atoms with Gasteiger partial charge in [-0.2, -0.15) is 0 Å². The monoisotopic (exact) mass is 815 g/mol. The Morgan fingerprint density at radius 1 is 0.672 bits per heavy atom. The van der Waals surface area contributed by atoms with Crippen LogP contribution in [0.4, 0.5) is 5.69 Å². The molecule has 0 saturated carbocycles. The number of ether oxygens (including phenoxy) is 4. The summed E-state index contributed by atoms with van der Waals surface area (Å²) in [6.45, 7) is -0.0372. The van der Waals surface area contributed by atoms with Crippen molar-refractivity contribution in [3.05, 3.63) is 105 Å². The topological polar surface area (TPSA) is 185 Å². The predicted molar refractivity (Wildman–Crippen MR) is 219 cm³/mol. The van der Waals surface area contributed by atoms with E-state index in [4.69, 9.17) is 35.1 Å². The molecular weight excluding hydrogens is 766 g/mol. The van der Waals surface area contributed by atoms with Gasteiger partial charge >= 0.3 is 0 Å². The Morgan fingerprint density at radius 2 is 1.31 bits per heavy atom. The van der Waals surface area contributed by atoms with Gasteiger partial charge in [-0.3, -0.25) is 4.79 Å². The molecule has 1 aliphatic rings. The van der Waals surface area contributed by atoms with Crippen LogP contribution in [-0.4, -0.2) is 58.9 Å². The molecule has 1 aromatic heterocycles. The molecule has 0 saturated heterocycles. The molecule has 1 unspecified atom stereocenters. The van der Waals surface area contributed by atoms with Gasteiger partial charge in [0.2, 0.25) is 5.75 Å². The van der Waals surface area contributed by atoms with Crippen LogP contribution in [0.2, 0.25) is 5.02 Å². The summed E-state index contributed by atoms with van der Waals surface area (Å²) in [7, 11) is 3.13. The molecule has 13 nitrogen and oxygen atoms in total. The fourth-order valence-corrected chi connectivity index (χ4v) is 7.20. The van der Waals surface area contributed by atoms with Gasteiger partial charge < -0.3 is 54.5 Å². The number of hydrogen-bond donors (Lipinski definition) is 6. The van der Waals surface area contributed by atoms with Crippen LogP contribution in [0.15, 0.2) is 71.3 Å². The van der Waals surface area contributed by atoms with Gasteiger partial charge in [0.25, 0.3) is 5.91 Å². The highest BCUT2D eigenvalue weighted by atomic mass is 35.5. The van der Waals surface area contributed by atoms with E-state index in [1.165, 1.54) is 0 Å². The first kappa shape index (κ1) is 42.3. The average Bonchev–Trinajstić information content (AvgIpc) is 3.75. The van der Waals surface area contributed by atoms with Crippen LogP contribution in [-0.2, 0) is 26.4 Å². The van der Waals surface area contributed by atoms with Crippen molar-refractivity contribution in [3.63, 3.8) is 0 Å². The van der Waals surface area contributed by atoms with E-state index in [-0.39, 0.29) is 32.3 Å². The van der Waals surface area contributed by atoms with Gasteiger partial charge in [0.15, 0.2) is 17.3 Å². The number of aliphatic hydroxyl groups is 4. The van der Waals surface area contributed by atoms with Crippen molar-refractivity contribution >= 4 is 23.2 Å². The van der Waals surface area contributed by atoms with Crippen molar-refractivity contribution in [3.8, 4) is 45.6 Å². The van der Waals surface area contributed by atoms with Gasteiger partial charge in [-0.15, -0.1) is 0 Å². The number of anilines is 1. The maximum Gasteiger partial charge on any atom is 0.255 e. The number of aromatic nitrogens is 1. The first-order valence-corrected chi connectivity index (χ1v) is 19.7. The minimum absolute atomic E-state index is 0.181. The second kappa shape index (κ2) is 20.4. The van der Waals surface area contributed by atoms with Crippen LogP contribution < -0.4 is 29.6 Å². The van der Waals surface area contributed by atoms with Crippen molar-refractivity contribution in [1.82, 2.24) is 10.5 Å². The molecular formula is C44H50ClN3O10. The first-order valence-electron chi connectivity index (χ1n) is 19.4. The minimum atomic E-state index is -0.443. The third-order valence-electron chi connectivity index (χ3n) is 10.2. The summed E-state index contributed by atoms with van der Waals surface area (Å²) in [5, 5.41) is 50.4. The molecule has 58 heavy (non-hydrogen) atoms. The molecule has 14 heteroatoms. The van der Waals surface area contributed by atoms with Gasteiger partial charge in [0, 0.05) is 33.5 Å². The maximum atomic E-state index is 12.7. The van der Waals surface area contributed by atoms with E-state index in [9.17, 15) is 25.2 Å². The summed E-state index contributed by atoms with van der Waals surface area (Å²) in [5.41, 5.74) is 5.97. The molecule has 0 aliphatic carbocycles. The molecule has 1 aliphatic heterocycles. The normalized spacial score (nSPS) is 13.4. The lowest BCUT2D eigenvalue weighted by Gasteiger charge is -2.28. The molecule has 0 radical (unpaired) electrons. The highest BCUT2D eigenvalue weighted by Gasteiger charge is 2.26. The van der Waals surface area contributed by atoms with Crippen molar-refractivity contribution in [1.29, 1.82) is 0 Å². The van der Waals surface area contributed by atoms with Crippen LogP contribution in [0.1, 0.15) is 89.3 Å². The van der Waals surface area contributed by atoms with Crippen LogP contribution in [0, 0.1) is 0 Å². The number of nitrogens with zero attached hydrogens (tertiary/aromatic N) is 1. The van der Waals surface area contributed by atoms with Crippen LogP contribution in [0.3, 0.4) is 0 Å². The van der Waals surface area contributed by atoms with E-state index in [0.29, 0.717) is 97.3 Å². The van der Waals surface area contributed by atoms with Crippen molar-refractivity contribution < 1.29 is 48.7 Å². The fraction of sp³-hybridized carbons (Fsp3) is 0.364. The zero-order valence-corrected chi connectivity index (χ0v) is 33.4. The van der Waals surface area contributed by atoms with Crippen LogP contribution in [0.5, 0.6) is 23.0 Å².